The Morgan fingerprint density at radius 1 is 1.07 bits per heavy atom. The van der Waals surface area contributed by atoms with E-state index in [-0.39, 0.29) is 17.8 Å². The second-order valence-electron chi connectivity index (χ2n) is 8.68. The van der Waals surface area contributed by atoms with E-state index in [9.17, 15) is 10.1 Å². The van der Waals surface area contributed by atoms with E-state index in [1.165, 1.54) is 11.1 Å². The predicted molar refractivity (Wildman–Crippen MR) is 103 cm³/mol. The quantitative estimate of drug-likeness (QED) is 0.619. The van der Waals surface area contributed by atoms with Crippen LogP contribution in [0.3, 0.4) is 0 Å². The first-order valence-corrected chi connectivity index (χ1v) is 9.44. The van der Waals surface area contributed by atoms with E-state index in [1.54, 1.807) is 0 Å². The molecule has 0 fully saturated rings. The zero-order chi connectivity index (χ0) is 19.2. The van der Waals surface area contributed by atoms with Crippen molar-refractivity contribution in [2.45, 2.75) is 18.3 Å². The number of esters is 1. The second kappa shape index (κ2) is 6.21. The third-order valence-corrected chi connectivity index (χ3v) is 5.94. The SMILES string of the molecule is C[N+](C)(C)CCOC(=O)C1(C#N)CC2c3ccccc3C1c1ccccc12. The fraction of sp³-hybridized carbons (Fsp3) is 0.391. The Balaban J connectivity index is 1.76. The number of nitrogens with zero attached hydrogens (tertiary/aromatic N) is 2. The van der Waals surface area contributed by atoms with Gasteiger partial charge in [0.25, 0.3) is 0 Å². The van der Waals surface area contributed by atoms with E-state index in [0.717, 1.165) is 11.1 Å². The highest BCUT2D eigenvalue weighted by Gasteiger charge is 2.58. The molecule has 0 aromatic heterocycles. The molecule has 0 radical (unpaired) electrons. The monoisotopic (exact) mass is 361 g/mol. The van der Waals surface area contributed by atoms with Gasteiger partial charge in [-0.1, -0.05) is 48.5 Å². The number of quaternary nitrogens is 1. The lowest BCUT2D eigenvalue weighted by Crippen LogP contribution is -2.47. The third-order valence-electron chi connectivity index (χ3n) is 5.94. The Kier molecular flexibility index (Phi) is 4.09. The Hall–Kier alpha value is -2.64. The normalized spacial score (nSPS) is 25.3. The lowest BCUT2D eigenvalue weighted by Gasteiger charge is -2.48. The molecule has 0 saturated heterocycles. The maximum absolute atomic E-state index is 13.2. The topological polar surface area (TPSA) is 50.1 Å². The highest BCUT2D eigenvalue weighted by molar-refractivity contribution is 5.85. The first kappa shape index (κ1) is 17.8. The van der Waals surface area contributed by atoms with Gasteiger partial charge in [0.05, 0.1) is 27.2 Å². The first-order chi connectivity index (χ1) is 12.9. The molecule has 2 aromatic carbocycles. The van der Waals surface area contributed by atoms with Gasteiger partial charge in [-0.2, -0.15) is 5.26 Å². The summed E-state index contributed by atoms with van der Waals surface area (Å²) in [5, 5.41) is 10.2. The molecule has 0 heterocycles. The van der Waals surface area contributed by atoms with Crippen LogP contribution in [0.15, 0.2) is 48.5 Å². The molecule has 5 rings (SSSR count). The number of hydrogen-bond donors (Lipinski definition) is 0. The van der Waals surface area contributed by atoms with Crippen molar-refractivity contribution in [2.24, 2.45) is 5.41 Å². The second-order valence-corrected chi connectivity index (χ2v) is 8.68. The van der Waals surface area contributed by atoms with Crippen LogP contribution in [0.1, 0.15) is 40.5 Å². The molecule has 3 aliphatic rings. The van der Waals surface area contributed by atoms with Crippen LogP contribution in [-0.4, -0.2) is 44.7 Å². The van der Waals surface area contributed by atoms with Crippen molar-refractivity contribution in [2.75, 3.05) is 34.3 Å². The van der Waals surface area contributed by atoms with Crippen molar-refractivity contribution in [1.82, 2.24) is 0 Å². The molecular formula is C23H25N2O2+. The predicted octanol–water partition coefficient (Wildman–Crippen LogP) is 3.43. The molecule has 0 N–H and O–H groups in total. The molecule has 4 heteroatoms. The summed E-state index contributed by atoms with van der Waals surface area (Å²) >= 11 is 0. The maximum Gasteiger partial charge on any atom is 0.327 e. The van der Waals surface area contributed by atoms with Crippen LogP contribution in [0.25, 0.3) is 0 Å². The highest BCUT2D eigenvalue weighted by Crippen LogP contribution is 2.61. The van der Waals surface area contributed by atoms with Crippen molar-refractivity contribution in [3.05, 3.63) is 70.8 Å². The van der Waals surface area contributed by atoms with E-state index >= 15 is 0 Å². The van der Waals surface area contributed by atoms with Gasteiger partial charge in [0.1, 0.15) is 13.2 Å². The summed E-state index contributed by atoms with van der Waals surface area (Å²) in [6, 6.07) is 18.8. The minimum absolute atomic E-state index is 0.0630. The molecule has 2 aromatic rings. The highest BCUT2D eigenvalue weighted by atomic mass is 16.5. The molecule has 0 saturated carbocycles. The fourth-order valence-electron chi connectivity index (χ4n) is 4.61. The van der Waals surface area contributed by atoms with Gasteiger partial charge in [-0.05, 0) is 28.7 Å². The molecule has 0 amide bonds. The van der Waals surface area contributed by atoms with Crippen LogP contribution in [0, 0.1) is 16.7 Å². The third kappa shape index (κ3) is 2.74. The number of rotatable bonds is 4. The van der Waals surface area contributed by atoms with Crippen molar-refractivity contribution in [3.8, 4) is 6.07 Å². The summed E-state index contributed by atoms with van der Waals surface area (Å²) < 4.78 is 6.37. The number of hydrogen-bond acceptors (Lipinski definition) is 3. The van der Waals surface area contributed by atoms with E-state index in [1.807, 2.05) is 24.3 Å². The molecule has 0 aliphatic heterocycles. The molecule has 4 nitrogen and oxygen atoms in total. The minimum Gasteiger partial charge on any atom is -0.458 e. The van der Waals surface area contributed by atoms with Crippen molar-refractivity contribution in [3.63, 3.8) is 0 Å². The molecule has 1 atom stereocenters. The average molecular weight is 361 g/mol. The van der Waals surface area contributed by atoms with Gasteiger partial charge < -0.3 is 9.22 Å². The smallest absolute Gasteiger partial charge is 0.327 e. The molecule has 3 aliphatic carbocycles. The lowest BCUT2D eigenvalue weighted by atomic mass is 9.52. The molecule has 27 heavy (non-hydrogen) atoms. The summed E-state index contributed by atoms with van der Waals surface area (Å²) in [6.07, 6.45) is 0.491. The van der Waals surface area contributed by atoms with Gasteiger partial charge in [0.15, 0.2) is 5.41 Å². The van der Waals surface area contributed by atoms with Crippen LogP contribution < -0.4 is 0 Å². The van der Waals surface area contributed by atoms with Crippen LogP contribution in [0.2, 0.25) is 0 Å². The zero-order valence-corrected chi connectivity index (χ0v) is 16.1. The Labute approximate surface area is 160 Å². The summed E-state index contributed by atoms with van der Waals surface area (Å²) in [7, 11) is 6.18. The van der Waals surface area contributed by atoms with E-state index in [0.29, 0.717) is 24.1 Å². The van der Waals surface area contributed by atoms with Crippen molar-refractivity contribution >= 4 is 5.97 Å². The average Bonchev–Trinajstić information content (AvgIpc) is 2.66. The largest absolute Gasteiger partial charge is 0.458 e. The Bertz CT molecular complexity index is 890. The lowest BCUT2D eigenvalue weighted by molar-refractivity contribution is -0.870. The van der Waals surface area contributed by atoms with Crippen LogP contribution in [0.5, 0.6) is 0 Å². The molecule has 1 unspecified atom stereocenters. The summed E-state index contributed by atoms with van der Waals surface area (Å²) in [5.74, 6) is -0.581. The summed E-state index contributed by atoms with van der Waals surface area (Å²) in [4.78, 5) is 13.2. The molecular weight excluding hydrogens is 336 g/mol. The molecule has 138 valence electrons. The van der Waals surface area contributed by atoms with Crippen LogP contribution in [-0.2, 0) is 9.53 Å². The van der Waals surface area contributed by atoms with Crippen molar-refractivity contribution in [1.29, 1.82) is 5.26 Å². The van der Waals surface area contributed by atoms with Gasteiger partial charge >= 0.3 is 5.97 Å². The fourth-order valence-corrected chi connectivity index (χ4v) is 4.61. The van der Waals surface area contributed by atoms with E-state index in [4.69, 9.17) is 4.74 Å². The summed E-state index contributed by atoms with van der Waals surface area (Å²) in [6.45, 7) is 1.04. The Morgan fingerprint density at radius 3 is 2.07 bits per heavy atom. The standard InChI is InChI=1S/C23H25N2O2/c1-25(2,3)12-13-27-22(26)23(15-24)14-20-16-8-4-6-10-18(16)21(23)19-11-7-5-9-17(19)20/h4-11,20-21H,12-14H2,1-3H3/q+1. The number of benzene rings is 2. The summed E-state index contributed by atoms with van der Waals surface area (Å²) in [5.41, 5.74) is 3.52. The van der Waals surface area contributed by atoms with Gasteiger partial charge in [-0.15, -0.1) is 0 Å². The molecule has 2 bridgehead atoms. The van der Waals surface area contributed by atoms with E-state index in [2.05, 4.69) is 51.5 Å². The van der Waals surface area contributed by atoms with Crippen LogP contribution >= 0.6 is 0 Å². The molecule has 0 spiro atoms. The van der Waals surface area contributed by atoms with Crippen LogP contribution in [0.4, 0.5) is 0 Å². The zero-order valence-electron chi connectivity index (χ0n) is 16.1. The Morgan fingerprint density at radius 2 is 1.59 bits per heavy atom. The number of likely N-dealkylation sites (N-methyl/N-ethyl adjacent to an activating group) is 1. The number of nitriles is 1. The van der Waals surface area contributed by atoms with Gasteiger partial charge in [-0.25, -0.2) is 0 Å². The van der Waals surface area contributed by atoms with Gasteiger partial charge in [0.2, 0.25) is 0 Å². The van der Waals surface area contributed by atoms with Gasteiger partial charge in [0, 0.05) is 11.8 Å². The van der Waals surface area contributed by atoms with Gasteiger partial charge in [-0.3, -0.25) is 4.79 Å². The number of carbonyl (C=O) groups is 1. The number of carbonyl (C=O) groups excluding carboxylic acids is 1. The number of fused-ring (bicyclic) bond motifs is 1. The van der Waals surface area contributed by atoms with Crippen molar-refractivity contribution < 1.29 is 14.0 Å². The minimum atomic E-state index is -1.15. The number of ether oxygens (including phenoxy) is 1. The van der Waals surface area contributed by atoms with E-state index < -0.39 is 5.41 Å². The first-order valence-electron chi connectivity index (χ1n) is 9.44. The maximum atomic E-state index is 13.2.